The van der Waals surface area contributed by atoms with E-state index in [4.69, 9.17) is 9.47 Å². The molecule has 5 nitrogen and oxygen atoms in total. The van der Waals surface area contributed by atoms with Gasteiger partial charge >= 0.3 is 18.4 Å². The number of amides is 1. The van der Waals surface area contributed by atoms with Crippen LogP contribution in [-0.4, -0.2) is 35.0 Å². The number of hydrogen-bond donors (Lipinski definition) is 0. The van der Waals surface area contributed by atoms with E-state index in [2.05, 4.69) is 0 Å². The number of methoxy groups -OCH3 is 1. The predicted molar refractivity (Wildman–Crippen MR) is 136 cm³/mol. The van der Waals surface area contributed by atoms with Crippen LogP contribution in [0.4, 0.5) is 31.1 Å². The summed E-state index contributed by atoms with van der Waals surface area (Å²) >= 11 is -1.40. The Balaban J connectivity index is 1.77. The maximum absolute atomic E-state index is 13.7. The molecule has 214 valence electrons. The third-order valence-electron chi connectivity index (χ3n) is 6.71. The van der Waals surface area contributed by atoms with E-state index in [1.807, 2.05) is 0 Å². The minimum atomic E-state index is -4.68. The largest absolute Gasteiger partial charge is 0.612 e. The molecule has 1 heterocycles. The summed E-state index contributed by atoms with van der Waals surface area (Å²) in [6.07, 6.45) is -9.81. The second-order valence-corrected chi connectivity index (χ2v) is 10.9. The smallest absolute Gasteiger partial charge is 0.416 e. The van der Waals surface area contributed by atoms with Crippen molar-refractivity contribution in [1.29, 1.82) is 0 Å². The monoisotopic (exact) mass is 585 g/mol. The highest BCUT2D eigenvalue weighted by Gasteiger charge is 2.42. The van der Waals surface area contributed by atoms with Gasteiger partial charge in [-0.15, -0.1) is 0 Å². The predicted octanol–water partition coefficient (Wildman–Crippen LogP) is 7.53. The van der Waals surface area contributed by atoms with Crippen LogP contribution >= 0.6 is 0 Å². The van der Waals surface area contributed by atoms with Gasteiger partial charge in [-0.1, -0.05) is 17.7 Å². The van der Waals surface area contributed by atoms with Crippen molar-refractivity contribution >= 4 is 17.3 Å². The van der Waals surface area contributed by atoms with Gasteiger partial charge in [-0.3, -0.25) is 4.90 Å². The van der Waals surface area contributed by atoms with Crippen molar-refractivity contribution in [2.75, 3.05) is 13.4 Å². The van der Waals surface area contributed by atoms with Gasteiger partial charge in [-0.05, 0) is 78.1 Å². The molecule has 1 fully saturated rings. The molecule has 3 aromatic rings. The fourth-order valence-corrected chi connectivity index (χ4v) is 5.27. The average Bonchev–Trinajstić information content (AvgIpc) is 3.15. The summed E-state index contributed by atoms with van der Waals surface area (Å²) in [6, 6.07) is 10.3. The third-order valence-corrected chi connectivity index (χ3v) is 7.63. The number of carbonyl (C=O) groups excluding carboxylic acids is 1. The molecule has 0 aromatic heterocycles. The lowest BCUT2D eigenvalue weighted by atomic mass is 9.95. The summed E-state index contributed by atoms with van der Waals surface area (Å²) in [6.45, 7) is 2.70. The molecule has 0 aliphatic carbocycles. The number of benzene rings is 3. The van der Waals surface area contributed by atoms with Crippen LogP contribution in [0.15, 0.2) is 59.5 Å². The molecule has 1 unspecified atom stereocenters. The summed E-state index contributed by atoms with van der Waals surface area (Å²) in [5, 5.41) is 0. The number of aryl methyl sites for hydroxylation is 1. The second kappa shape index (κ2) is 10.9. The molecule has 0 radical (unpaired) electrons. The Bertz CT molecular complexity index is 1420. The van der Waals surface area contributed by atoms with Gasteiger partial charge < -0.3 is 14.0 Å². The first kappa shape index (κ1) is 29.6. The minimum absolute atomic E-state index is 0.0943. The lowest BCUT2D eigenvalue weighted by molar-refractivity contribution is -0.138. The van der Waals surface area contributed by atoms with Gasteiger partial charge in [0, 0.05) is 11.6 Å². The molecule has 0 saturated carbocycles. The van der Waals surface area contributed by atoms with Gasteiger partial charge in [0.15, 0.2) is 4.90 Å². The molecular weight excluding hydrogens is 560 g/mol. The topological polar surface area (TPSA) is 61.8 Å². The summed E-state index contributed by atoms with van der Waals surface area (Å²) in [5.74, 6) is 0.310. The number of alkyl halides is 6. The van der Waals surface area contributed by atoms with Crippen LogP contribution in [0.2, 0.25) is 0 Å². The normalized spacial score (nSPS) is 18.6. The van der Waals surface area contributed by atoms with Crippen LogP contribution in [0.1, 0.15) is 40.8 Å². The Morgan fingerprint density at radius 3 is 2.23 bits per heavy atom. The molecule has 0 N–H and O–H groups in total. The second-order valence-electron chi connectivity index (χ2n) is 9.49. The zero-order valence-electron chi connectivity index (χ0n) is 21.8. The van der Waals surface area contributed by atoms with E-state index in [1.165, 1.54) is 37.3 Å². The summed E-state index contributed by atoms with van der Waals surface area (Å²) in [4.78, 5) is 14.5. The van der Waals surface area contributed by atoms with E-state index in [0.717, 1.165) is 24.3 Å². The molecule has 3 atom stereocenters. The maximum atomic E-state index is 13.7. The Morgan fingerprint density at radius 2 is 1.62 bits per heavy atom. The van der Waals surface area contributed by atoms with Crippen molar-refractivity contribution in [3.63, 3.8) is 0 Å². The fourth-order valence-electron chi connectivity index (χ4n) is 4.72. The first-order chi connectivity index (χ1) is 18.6. The van der Waals surface area contributed by atoms with E-state index in [-0.39, 0.29) is 17.7 Å². The van der Waals surface area contributed by atoms with Crippen LogP contribution in [-0.2, 0) is 34.8 Å². The van der Waals surface area contributed by atoms with Crippen molar-refractivity contribution in [1.82, 2.24) is 4.90 Å². The Labute approximate surface area is 229 Å². The van der Waals surface area contributed by atoms with E-state index in [9.17, 15) is 35.7 Å². The quantitative estimate of drug-likeness (QED) is 0.222. The first-order valence-corrected chi connectivity index (χ1v) is 13.5. The molecular formula is C28H25F6NO4S. The zero-order valence-corrected chi connectivity index (χ0v) is 22.6. The Morgan fingerprint density at radius 1 is 0.950 bits per heavy atom. The van der Waals surface area contributed by atoms with Gasteiger partial charge in [0.05, 0.1) is 30.8 Å². The fraction of sp³-hybridized carbons (Fsp3) is 0.321. The van der Waals surface area contributed by atoms with Gasteiger partial charge in [-0.2, -0.15) is 26.3 Å². The maximum Gasteiger partial charge on any atom is 0.416 e. The molecule has 4 rings (SSSR count). The molecule has 1 aliphatic rings. The van der Waals surface area contributed by atoms with Gasteiger partial charge in [0.2, 0.25) is 0 Å². The molecule has 3 aromatic carbocycles. The van der Waals surface area contributed by atoms with E-state index in [0.29, 0.717) is 27.3 Å². The van der Waals surface area contributed by atoms with Crippen molar-refractivity contribution in [3.8, 4) is 16.9 Å². The number of halogens is 6. The third kappa shape index (κ3) is 6.02. The average molecular weight is 586 g/mol. The van der Waals surface area contributed by atoms with Crippen LogP contribution in [0.5, 0.6) is 5.75 Å². The Hall–Kier alpha value is -3.38. The number of ether oxygens (including phenoxy) is 2. The number of cyclic esters (lactones) is 1. The standard InChI is InChI=1S/C28H25F6NO4S/c1-15-9-17(11-20(10-15)28(32,33)34)25-16(2)35(26(36)39-25)14-18-12-19(27(29,30)31)5-7-22(18)23-13-21(40(4)37)6-8-24(23)38-3/h5-13,16,25H,14H2,1-4H3/t16-,25-,40?/m0/s1. The highest BCUT2D eigenvalue weighted by molar-refractivity contribution is 7.90. The summed E-state index contributed by atoms with van der Waals surface area (Å²) in [7, 11) is 1.38. The van der Waals surface area contributed by atoms with Crippen LogP contribution < -0.4 is 4.74 Å². The summed E-state index contributed by atoms with van der Waals surface area (Å²) in [5.41, 5.74) is -0.654. The van der Waals surface area contributed by atoms with Crippen molar-refractivity contribution in [2.24, 2.45) is 0 Å². The van der Waals surface area contributed by atoms with Crippen LogP contribution in [0.3, 0.4) is 0 Å². The SMILES string of the molecule is COc1ccc([S+](C)[O-])cc1-c1ccc(C(F)(F)F)cc1CN1C(=O)O[C@H](c2cc(C)cc(C(F)(F)F)c2)[C@@H]1C. The van der Waals surface area contributed by atoms with Gasteiger partial charge in [0.25, 0.3) is 0 Å². The van der Waals surface area contributed by atoms with E-state index in [1.54, 1.807) is 25.1 Å². The number of hydrogen-bond acceptors (Lipinski definition) is 4. The summed E-state index contributed by atoms with van der Waals surface area (Å²) < 4.78 is 104. The lowest BCUT2D eigenvalue weighted by Gasteiger charge is -2.24. The molecule has 12 heteroatoms. The minimum Gasteiger partial charge on any atom is -0.612 e. The van der Waals surface area contributed by atoms with E-state index >= 15 is 0 Å². The number of carbonyl (C=O) groups is 1. The molecule has 0 bridgehead atoms. The highest BCUT2D eigenvalue weighted by Crippen LogP contribution is 2.41. The van der Waals surface area contributed by atoms with Crippen LogP contribution in [0, 0.1) is 6.92 Å². The lowest BCUT2D eigenvalue weighted by Crippen LogP contribution is -2.31. The van der Waals surface area contributed by atoms with Gasteiger partial charge in [0.1, 0.15) is 18.1 Å². The molecule has 1 amide bonds. The van der Waals surface area contributed by atoms with Crippen LogP contribution in [0.25, 0.3) is 11.1 Å². The highest BCUT2D eigenvalue weighted by atomic mass is 32.2. The van der Waals surface area contributed by atoms with Gasteiger partial charge in [-0.25, -0.2) is 4.79 Å². The number of rotatable bonds is 6. The van der Waals surface area contributed by atoms with E-state index < -0.39 is 52.9 Å². The first-order valence-electron chi connectivity index (χ1n) is 12.0. The molecule has 1 saturated heterocycles. The Kier molecular flexibility index (Phi) is 8.06. The zero-order chi connectivity index (χ0) is 29.6. The molecule has 0 spiro atoms. The molecule has 1 aliphatic heterocycles. The van der Waals surface area contributed by atoms with Crippen molar-refractivity contribution in [3.05, 3.63) is 82.4 Å². The molecule has 40 heavy (non-hydrogen) atoms. The van der Waals surface area contributed by atoms with Crippen molar-refractivity contribution < 1.29 is 45.2 Å². The van der Waals surface area contributed by atoms with Crippen molar-refractivity contribution in [2.45, 2.75) is 49.8 Å². The number of nitrogens with zero attached hydrogens (tertiary/aromatic N) is 1.